The molecule has 2 aromatic rings. The highest BCUT2D eigenvalue weighted by molar-refractivity contribution is 5.45. The molecule has 0 amide bonds. The summed E-state index contributed by atoms with van der Waals surface area (Å²) in [5, 5.41) is 8.96. The van der Waals surface area contributed by atoms with Gasteiger partial charge in [-0.05, 0) is 24.6 Å². The summed E-state index contributed by atoms with van der Waals surface area (Å²) in [7, 11) is 0. The van der Waals surface area contributed by atoms with Gasteiger partial charge < -0.3 is 10.2 Å². The van der Waals surface area contributed by atoms with E-state index in [1.54, 1.807) is 18.2 Å². The van der Waals surface area contributed by atoms with Gasteiger partial charge in [0.15, 0.2) is 0 Å². The van der Waals surface area contributed by atoms with Gasteiger partial charge in [0.1, 0.15) is 17.4 Å². The van der Waals surface area contributed by atoms with Crippen molar-refractivity contribution >= 4 is 5.82 Å². The average Bonchev–Trinajstić information content (AvgIpc) is 2.49. The molecule has 21 heavy (non-hydrogen) atoms. The molecule has 0 saturated heterocycles. The summed E-state index contributed by atoms with van der Waals surface area (Å²) in [6, 6.07) is 8.96. The summed E-state index contributed by atoms with van der Waals surface area (Å²) in [6.45, 7) is 5.88. The fraction of sp³-hybridized carbons (Fsp3) is 0.267. The second-order valence-corrected chi connectivity index (χ2v) is 4.94. The molecule has 1 aromatic heterocycles. The normalized spacial score (nSPS) is 10.3. The van der Waals surface area contributed by atoms with Crippen LogP contribution in [0.1, 0.15) is 36.7 Å². The van der Waals surface area contributed by atoms with Gasteiger partial charge in [-0.1, -0.05) is 19.9 Å². The first kappa shape index (κ1) is 14.8. The monoisotopic (exact) mass is 283 g/mol. The van der Waals surface area contributed by atoms with E-state index in [0.29, 0.717) is 28.8 Å². The number of benzene rings is 1. The lowest BCUT2D eigenvalue weighted by molar-refractivity contribution is 0.454. The minimum absolute atomic E-state index is 0.146. The maximum absolute atomic E-state index is 8.96. The number of anilines is 1. The number of ether oxygens (including phenoxy) is 1. The summed E-state index contributed by atoms with van der Waals surface area (Å²) in [6.07, 6.45) is 0. The molecule has 3 N–H and O–H groups in total. The van der Waals surface area contributed by atoms with Crippen LogP contribution in [-0.2, 0) is 0 Å². The first-order chi connectivity index (χ1) is 10.0. The van der Waals surface area contributed by atoms with E-state index in [1.807, 2.05) is 26.8 Å². The minimum Gasteiger partial charge on any atom is -0.439 e. The molecule has 108 valence electrons. The van der Waals surface area contributed by atoms with Crippen LogP contribution < -0.4 is 16.0 Å². The predicted molar refractivity (Wildman–Crippen MR) is 79.9 cm³/mol. The summed E-state index contributed by atoms with van der Waals surface area (Å²) in [5.74, 6) is 7.66. The fourth-order valence-electron chi connectivity index (χ4n) is 1.72. The quantitative estimate of drug-likeness (QED) is 0.661. The van der Waals surface area contributed by atoms with Gasteiger partial charge in [0.05, 0.1) is 11.6 Å². The fourth-order valence-corrected chi connectivity index (χ4v) is 1.72. The molecule has 0 aliphatic rings. The minimum atomic E-state index is 0.146. The first-order valence-electron chi connectivity index (χ1n) is 6.57. The number of hydrogen-bond acceptors (Lipinski definition) is 6. The molecule has 1 aromatic carbocycles. The van der Waals surface area contributed by atoms with Crippen LogP contribution in [0.3, 0.4) is 0 Å². The molecular formula is C15H17N5O. The number of aromatic nitrogens is 2. The Hall–Kier alpha value is -2.65. The Bertz CT molecular complexity index is 691. The number of nitrogens with zero attached hydrogens (tertiary/aromatic N) is 3. The number of hydrogen-bond donors (Lipinski definition) is 2. The van der Waals surface area contributed by atoms with Crippen LogP contribution in [-0.4, -0.2) is 9.97 Å². The molecule has 0 aliphatic heterocycles. The van der Waals surface area contributed by atoms with E-state index in [9.17, 15) is 0 Å². The van der Waals surface area contributed by atoms with Crippen LogP contribution in [0.4, 0.5) is 5.82 Å². The number of nitrogens with one attached hydrogen (secondary N) is 1. The topological polar surface area (TPSA) is 96.8 Å². The van der Waals surface area contributed by atoms with Crippen LogP contribution in [0, 0.1) is 18.3 Å². The SMILES string of the molecule is Cc1ccc(C#N)cc1Oc1cc(NN)nc(C(C)C)n1. The van der Waals surface area contributed by atoms with Gasteiger partial charge in [-0.2, -0.15) is 10.2 Å². The van der Waals surface area contributed by atoms with Crippen molar-refractivity contribution < 1.29 is 4.74 Å². The van der Waals surface area contributed by atoms with Crippen molar-refractivity contribution in [3.05, 3.63) is 41.2 Å². The zero-order chi connectivity index (χ0) is 15.4. The second kappa shape index (κ2) is 6.20. The lowest BCUT2D eigenvalue weighted by atomic mass is 10.1. The molecule has 0 bridgehead atoms. The van der Waals surface area contributed by atoms with Crippen LogP contribution in [0.15, 0.2) is 24.3 Å². The lowest BCUT2D eigenvalue weighted by Gasteiger charge is -2.12. The van der Waals surface area contributed by atoms with Gasteiger partial charge in [0.2, 0.25) is 5.88 Å². The van der Waals surface area contributed by atoms with Crippen molar-refractivity contribution in [2.45, 2.75) is 26.7 Å². The van der Waals surface area contributed by atoms with Crippen molar-refractivity contribution in [3.8, 4) is 17.7 Å². The van der Waals surface area contributed by atoms with Crippen LogP contribution in [0.2, 0.25) is 0 Å². The van der Waals surface area contributed by atoms with E-state index in [4.69, 9.17) is 15.8 Å². The molecule has 6 heteroatoms. The van der Waals surface area contributed by atoms with E-state index < -0.39 is 0 Å². The maximum Gasteiger partial charge on any atom is 0.224 e. The van der Waals surface area contributed by atoms with Crippen molar-refractivity contribution in [2.75, 3.05) is 5.43 Å². The second-order valence-electron chi connectivity index (χ2n) is 4.94. The third kappa shape index (κ3) is 3.46. The number of nitrogen functional groups attached to an aromatic ring is 1. The Morgan fingerprint density at radius 3 is 2.67 bits per heavy atom. The largest absolute Gasteiger partial charge is 0.439 e. The average molecular weight is 283 g/mol. The van der Waals surface area contributed by atoms with Crippen molar-refractivity contribution in [2.24, 2.45) is 5.84 Å². The molecule has 2 rings (SSSR count). The number of nitrogens with two attached hydrogens (primary N) is 1. The molecule has 1 heterocycles. The zero-order valence-corrected chi connectivity index (χ0v) is 12.2. The Labute approximate surface area is 123 Å². The van der Waals surface area contributed by atoms with E-state index >= 15 is 0 Å². The Morgan fingerprint density at radius 1 is 1.29 bits per heavy atom. The molecule has 0 unspecified atom stereocenters. The third-order valence-corrected chi connectivity index (χ3v) is 2.92. The zero-order valence-electron chi connectivity index (χ0n) is 12.2. The number of rotatable bonds is 4. The maximum atomic E-state index is 8.96. The lowest BCUT2D eigenvalue weighted by Crippen LogP contribution is -2.11. The molecule has 6 nitrogen and oxygen atoms in total. The van der Waals surface area contributed by atoms with Crippen molar-refractivity contribution in [3.63, 3.8) is 0 Å². The van der Waals surface area contributed by atoms with E-state index in [0.717, 1.165) is 5.56 Å². The standard InChI is InChI=1S/C15H17N5O/c1-9(2)15-18-13(20-17)7-14(19-15)21-12-6-11(8-16)5-4-10(12)3/h4-7,9H,17H2,1-3H3,(H,18,19,20). The highest BCUT2D eigenvalue weighted by atomic mass is 16.5. The predicted octanol–water partition coefficient (Wildman–Crippen LogP) is 2.86. The highest BCUT2D eigenvalue weighted by Crippen LogP contribution is 2.27. The van der Waals surface area contributed by atoms with Crippen LogP contribution in [0.5, 0.6) is 11.6 Å². The first-order valence-corrected chi connectivity index (χ1v) is 6.57. The molecule has 0 aliphatic carbocycles. The summed E-state index contributed by atoms with van der Waals surface area (Å²) >= 11 is 0. The number of aryl methyl sites for hydroxylation is 1. The highest BCUT2D eigenvalue weighted by Gasteiger charge is 2.10. The third-order valence-electron chi connectivity index (χ3n) is 2.92. The number of hydrazine groups is 1. The van der Waals surface area contributed by atoms with Crippen LogP contribution >= 0.6 is 0 Å². The van der Waals surface area contributed by atoms with E-state index in [-0.39, 0.29) is 5.92 Å². The summed E-state index contributed by atoms with van der Waals surface area (Å²) < 4.78 is 5.79. The molecule has 0 fully saturated rings. The molecule has 0 atom stereocenters. The Morgan fingerprint density at radius 2 is 2.05 bits per heavy atom. The molecular weight excluding hydrogens is 266 g/mol. The van der Waals surface area contributed by atoms with Crippen molar-refractivity contribution in [1.82, 2.24) is 9.97 Å². The Balaban J connectivity index is 2.39. The van der Waals surface area contributed by atoms with Gasteiger partial charge in [0.25, 0.3) is 0 Å². The smallest absolute Gasteiger partial charge is 0.224 e. The van der Waals surface area contributed by atoms with Gasteiger partial charge in [-0.15, -0.1) is 0 Å². The van der Waals surface area contributed by atoms with Gasteiger partial charge in [-0.3, -0.25) is 0 Å². The van der Waals surface area contributed by atoms with Crippen LogP contribution in [0.25, 0.3) is 0 Å². The van der Waals surface area contributed by atoms with E-state index in [2.05, 4.69) is 21.5 Å². The molecule has 0 radical (unpaired) electrons. The summed E-state index contributed by atoms with van der Waals surface area (Å²) in [4.78, 5) is 8.63. The van der Waals surface area contributed by atoms with Gasteiger partial charge in [-0.25, -0.2) is 10.8 Å². The van der Waals surface area contributed by atoms with E-state index in [1.165, 1.54) is 0 Å². The molecule has 0 spiro atoms. The van der Waals surface area contributed by atoms with Gasteiger partial charge in [0, 0.05) is 12.0 Å². The number of nitriles is 1. The van der Waals surface area contributed by atoms with Gasteiger partial charge >= 0.3 is 0 Å². The molecule has 0 saturated carbocycles. The Kier molecular flexibility index (Phi) is 4.36. The summed E-state index contributed by atoms with van der Waals surface area (Å²) in [5.41, 5.74) is 3.95. The van der Waals surface area contributed by atoms with Crippen molar-refractivity contribution in [1.29, 1.82) is 5.26 Å².